The number of nitrogens with two attached hydrogens (primary N) is 1. The highest BCUT2D eigenvalue weighted by Gasteiger charge is 2.21. The fourth-order valence-corrected chi connectivity index (χ4v) is 2.16. The number of morpholine rings is 1. The molecule has 94 valence electrons. The summed E-state index contributed by atoms with van der Waals surface area (Å²) in [7, 11) is 1.66. The minimum absolute atomic E-state index is 0.0763. The minimum Gasteiger partial charge on any atom is -0.495 e. The summed E-state index contributed by atoms with van der Waals surface area (Å²) in [6.07, 6.45) is 0.0763. The number of hydrogen-bond acceptors (Lipinski definition) is 4. The molecule has 0 radical (unpaired) electrons. The van der Waals surface area contributed by atoms with E-state index in [9.17, 15) is 0 Å². The lowest BCUT2D eigenvalue weighted by Crippen LogP contribution is -2.45. The first-order chi connectivity index (χ1) is 8.24. The summed E-state index contributed by atoms with van der Waals surface area (Å²) >= 11 is 6.03. The average Bonchev–Trinajstić information content (AvgIpc) is 2.39. The molecule has 0 spiro atoms. The van der Waals surface area contributed by atoms with Crippen LogP contribution in [0.5, 0.6) is 5.75 Å². The first-order valence-corrected chi connectivity index (χ1v) is 6.02. The third-order valence-corrected chi connectivity index (χ3v) is 3.12. The van der Waals surface area contributed by atoms with Gasteiger partial charge in [0, 0.05) is 24.7 Å². The van der Waals surface area contributed by atoms with E-state index in [1.54, 1.807) is 7.11 Å². The van der Waals surface area contributed by atoms with Crippen LogP contribution in [0.1, 0.15) is 0 Å². The number of halogens is 1. The number of anilines is 1. The molecule has 2 rings (SSSR count). The summed E-state index contributed by atoms with van der Waals surface area (Å²) in [5.41, 5.74) is 6.64. The second-order valence-electron chi connectivity index (χ2n) is 3.99. The molecule has 5 heteroatoms. The topological polar surface area (TPSA) is 47.7 Å². The zero-order valence-corrected chi connectivity index (χ0v) is 10.6. The van der Waals surface area contributed by atoms with Crippen molar-refractivity contribution in [2.24, 2.45) is 5.73 Å². The molecule has 1 unspecified atom stereocenters. The van der Waals surface area contributed by atoms with Crippen molar-refractivity contribution in [2.45, 2.75) is 6.10 Å². The van der Waals surface area contributed by atoms with Gasteiger partial charge in [0.05, 0.1) is 25.5 Å². The molecular formula is C12H17ClN2O2. The van der Waals surface area contributed by atoms with Crippen molar-refractivity contribution >= 4 is 17.3 Å². The molecule has 17 heavy (non-hydrogen) atoms. The molecule has 0 aromatic heterocycles. The Hall–Kier alpha value is -0.970. The van der Waals surface area contributed by atoms with E-state index in [1.807, 2.05) is 18.2 Å². The van der Waals surface area contributed by atoms with Gasteiger partial charge in [-0.2, -0.15) is 0 Å². The third-order valence-electron chi connectivity index (χ3n) is 2.88. The molecule has 1 heterocycles. The van der Waals surface area contributed by atoms with Crippen LogP contribution in [0.2, 0.25) is 5.02 Å². The molecule has 1 aromatic rings. The van der Waals surface area contributed by atoms with E-state index in [2.05, 4.69) is 4.90 Å². The molecule has 1 aliphatic heterocycles. The zero-order valence-electron chi connectivity index (χ0n) is 9.86. The Kier molecular flexibility index (Phi) is 4.10. The Morgan fingerprint density at radius 2 is 2.41 bits per heavy atom. The van der Waals surface area contributed by atoms with E-state index >= 15 is 0 Å². The maximum Gasteiger partial charge on any atom is 0.142 e. The lowest BCUT2D eigenvalue weighted by Gasteiger charge is -2.34. The number of methoxy groups -OCH3 is 1. The van der Waals surface area contributed by atoms with Gasteiger partial charge in [0.15, 0.2) is 0 Å². The smallest absolute Gasteiger partial charge is 0.142 e. The molecule has 0 saturated carbocycles. The maximum atomic E-state index is 6.03. The number of rotatable bonds is 3. The third kappa shape index (κ3) is 2.83. The Labute approximate surface area is 106 Å². The molecule has 0 aliphatic carbocycles. The van der Waals surface area contributed by atoms with Crippen molar-refractivity contribution in [1.82, 2.24) is 0 Å². The van der Waals surface area contributed by atoms with Gasteiger partial charge in [0.2, 0.25) is 0 Å². The van der Waals surface area contributed by atoms with Gasteiger partial charge < -0.3 is 20.1 Å². The van der Waals surface area contributed by atoms with Gasteiger partial charge in [-0.15, -0.1) is 0 Å². The maximum absolute atomic E-state index is 6.03. The molecule has 4 nitrogen and oxygen atoms in total. The Morgan fingerprint density at radius 3 is 3.12 bits per heavy atom. The van der Waals surface area contributed by atoms with Gasteiger partial charge in [0.1, 0.15) is 5.75 Å². The highest BCUT2D eigenvalue weighted by atomic mass is 35.5. The lowest BCUT2D eigenvalue weighted by atomic mass is 10.2. The van der Waals surface area contributed by atoms with Gasteiger partial charge in [-0.05, 0) is 18.2 Å². The van der Waals surface area contributed by atoms with Crippen LogP contribution in [-0.4, -0.2) is 39.5 Å². The predicted molar refractivity (Wildman–Crippen MR) is 69.0 cm³/mol. The lowest BCUT2D eigenvalue weighted by molar-refractivity contribution is 0.0464. The Balaban J connectivity index is 2.22. The number of ether oxygens (including phenoxy) is 2. The first-order valence-electron chi connectivity index (χ1n) is 5.64. The van der Waals surface area contributed by atoms with E-state index < -0.39 is 0 Å². The summed E-state index contributed by atoms with van der Waals surface area (Å²) in [5, 5.41) is 0.705. The van der Waals surface area contributed by atoms with Crippen LogP contribution in [0.3, 0.4) is 0 Å². The highest BCUT2D eigenvalue weighted by Crippen LogP contribution is 2.32. The molecular weight excluding hydrogens is 240 g/mol. The van der Waals surface area contributed by atoms with Crippen LogP contribution >= 0.6 is 11.6 Å². The molecule has 0 bridgehead atoms. The molecule has 1 fully saturated rings. The van der Waals surface area contributed by atoms with Crippen molar-refractivity contribution in [1.29, 1.82) is 0 Å². The van der Waals surface area contributed by atoms with Crippen molar-refractivity contribution in [3.63, 3.8) is 0 Å². The van der Waals surface area contributed by atoms with Crippen LogP contribution in [0.25, 0.3) is 0 Å². The number of benzene rings is 1. The summed E-state index contributed by atoms with van der Waals surface area (Å²) in [6.45, 7) is 2.80. The van der Waals surface area contributed by atoms with Gasteiger partial charge in [-0.25, -0.2) is 0 Å². The monoisotopic (exact) mass is 256 g/mol. The molecule has 1 aromatic carbocycles. The summed E-state index contributed by atoms with van der Waals surface area (Å²) in [6, 6.07) is 5.62. The van der Waals surface area contributed by atoms with Crippen LogP contribution < -0.4 is 15.4 Å². The van der Waals surface area contributed by atoms with E-state index in [1.165, 1.54) is 0 Å². The molecule has 2 N–H and O–H groups in total. The first kappa shape index (κ1) is 12.5. The Bertz CT molecular complexity index is 387. The van der Waals surface area contributed by atoms with Gasteiger partial charge in [-0.1, -0.05) is 11.6 Å². The minimum atomic E-state index is 0.0763. The standard InChI is InChI=1S/C12H17ClN2O2/c1-16-12-3-2-9(13)6-11(12)15-4-5-17-10(7-14)8-15/h2-3,6,10H,4-5,7-8,14H2,1H3. The van der Waals surface area contributed by atoms with Crippen molar-refractivity contribution in [3.05, 3.63) is 23.2 Å². The average molecular weight is 257 g/mol. The van der Waals surface area contributed by atoms with Gasteiger partial charge >= 0.3 is 0 Å². The van der Waals surface area contributed by atoms with Gasteiger partial charge in [0.25, 0.3) is 0 Å². The second kappa shape index (κ2) is 5.58. The van der Waals surface area contributed by atoms with Crippen LogP contribution in [-0.2, 0) is 4.74 Å². The van der Waals surface area contributed by atoms with E-state index in [4.69, 9.17) is 26.8 Å². The molecule has 1 saturated heterocycles. The van der Waals surface area contributed by atoms with E-state index in [0.29, 0.717) is 18.2 Å². The SMILES string of the molecule is COc1ccc(Cl)cc1N1CCOC(CN)C1. The van der Waals surface area contributed by atoms with Gasteiger partial charge in [-0.3, -0.25) is 0 Å². The number of nitrogens with zero attached hydrogens (tertiary/aromatic N) is 1. The van der Waals surface area contributed by atoms with Crippen LogP contribution in [0.4, 0.5) is 5.69 Å². The summed E-state index contributed by atoms with van der Waals surface area (Å²) < 4.78 is 10.9. The van der Waals surface area contributed by atoms with Crippen LogP contribution in [0, 0.1) is 0 Å². The summed E-state index contributed by atoms with van der Waals surface area (Å²) in [4.78, 5) is 2.20. The highest BCUT2D eigenvalue weighted by molar-refractivity contribution is 6.30. The number of hydrogen-bond donors (Lipinski definition) is 1. The fraction of sp³-hybridized carbons (Fsp3) is 0.500. The molecule has 1 atom stereocenters. The quantitative estimate of drug-likeness (QED) is 0.891. The van der Waals surface area contributed by atoms with E-state index in [-0.39, 0.29) is 6.10 Å². The summed E-state index contributed by atoms with van der Waals surface area (Å²) in [5.74, 6) is 0.826. The van der Waals surface area contributed by atoms with Crippen molar-refractivity contribution in [2.75, 3.05) is 38.3 Å². The molecule has 1 aliphatic rings. The van der Waals surface area contributed by atoms with Crippen molar-refractivity contribution in [3.8, 4) is 5.75 Å². The molecule has 0 amide bonds. The zero-order chi connectivity index (χ0) is 12.3. The predicted octanol–water partition coefficient (Wildman–Crippen LogP) is 1.51. The largest absolute Gasteiger partial charge is 0.495 e. The normalized spacial score (nSPS) is 20.4. The second-order valence-corrected chi connectivity index (χ2v) is 4.43. The Morgan fingerprint density at radius 1 is 1.59 bits per heavy atom. The van der Waals surface area contributed by atoms with Crippen LogP contribution in [0.15, 0.2) is 18.2 Å². The van der Waals surface area contributed by atoms with Crippen molar-refractivity contribution < 1.29 is 9.47 Å². The van der Waals surface area contributed by atoms with E-state index in [0.717, 1.165) is 24.5 Å². The fourth-order valence-electron chi connectivity index (χ4n) is 1.99.